The Hall–Kier alpha value is -0.290. The Morgan fingerprint density at radius 2 is 1.82 bits per heavy atom. The monoisotopic (exact) mass is 251 g/mol. The molecule has 1 saturated carbocycles. The van der Waals surface area contributed by atoms with Crippen LogP contribution < -0.4 is 0 Å². The van der Waals surface area contributed by atoms with E-state index in [9.17, 15) is 18.3 Å². The quantitative estimate of drug-likeness (QED) is 0.815. The maximum absolute atomic E-state index is 12.6. The van der Waals surface area contributed by atoms with Gasteiger partial charge in [-0.15, -0.1) is 0 Å². The number of alkyl halides is 3. The second kappa shape index (κ2) is 4.76. The molecule has 1 atom stereocenters. The first-order chi connectivity index (χ1) is 7.89. The van der Waals surface area contributed by atoms with E-state index in [2.05, 4.69) is 0 Å². The van der Waals surface area contributed by atoms with Gasteiger partial charge in [0.2, 0.25) is 0 Å². The Labute approximate surface area is 99.8 Å². The summed E-state index contributed by atoms with van der Waals surface area (Å²) < 4.78 is 37.9. The molecule has 0 aromatic heterocycles. The summed E-state index contributed by atoms with van der Waals surface area (Å²) in [4.78, 5) is 1.80. The number of piperidine rings is 1. The maximum atomic E-state index is 12.6. The van der Waals surface area contributed by atoms with E-state index in [1.165, 1.54) is 0 Å². The van der Waals surface area contributed by atoms with E-state index in [-0.39, 0.29) is 13.0 Å². The molecular formula is C12H20F3NO. The Bertz CT molecular complexity index is 261. The lowest BCUT2D eigenvalue weighted by atomic mass is 9.94. The van der Waals surface area contributed by atoms with Gasteiger partial charge in [0.1, 0.15) is 0 Å². The summed E-state index contributed by atoms with van der Waals surface area (Å²) in [6, 6.07) is 0. The average molecular weight is 251 g/mol. The number of rotatable bonds is 2. The number of β-amino-alcohol motifs (C(OH)–C–C–N with tert-alkyl or cyclic N) is 1. The van der Waals surface area contributed by atoms with Crippen molar-refractivity contribution >= 4 is 0 Å². The van der Waals surface area contributed by atoms with Gasteiger partial charge in [0, 0.05) is 13.1 Å². The molecule has 0 bridgehead atoms. The van der Waals surface area contributed by atoms with Gasteiger partial charge in [-0.25, -0.2) is 0 Å². The van der Waals surface area contributed by atoms with Gasteiger partial charge in [-0.1, -0.05) is 12.8 Å². The summed E-state index contributed by atoms with van der Waals surface area (Å²) >= 11 is 0. The van der Waals surface area contributed by atoms with Crippen LogP contribution in [0.15, 0.2) is 0 Å². The van der Waals surface area contributed by atoms with Gasteiger partial charge in [-0.3, -0.25) is 4.90 Å². The summed E-state index contributed by atoms with van der Waals surface area (Å²) in [5.41, 5.74) is -0.729. The lowest BCUT2D eigenvalue weighted by Gasteiger charge is -2.37. The number of hydrogen-bond donors (Lipinski definition) is 1. The lowest BCUT2D eigenvalue weighted by Crippen LogP contribution is -2.48. The number of aliphatic hydroxyl groups is 1. The first-order valence-corrected chi connectivity index (χ1v) is 6.41. The standard InChI is InChI=1S/C12H20F3NO/c13-12(14,15)10-4-3-7-16(8-10)9-11(17)5-1-2-6-11/h10,17H,1-9H2. The van der Waals surface area contributed by atoms with Crippen molar-refractivity contribution in [2.45, 2.75) is 50.3 Å². The van der Waals surface area contributed by atoms with Crippen LogP contribution in [0.1, 0.15) is 38.5 Å². The van der Waals surface area contributed by atoms with Crippen molar-refractivity contribution in [2.24, 2.45) is 5.92 Å². The number of halogens is 3. The van der Waals surface area contributed by atoms with Crippen LogP contribution in [0, 0.1) is 5.92 Å². The van der Waals surface area contributed by atoms with Crippen LogP contribution in [0.5, 0.6) is 0 Å². The van der Waals surface area contributed by atoms with Crippen molar-refractivity contribution in [3.63, 3.8) is 0 Å². The van der Waals surface area contributed by atoms with Gasteiger partial charge in [-0.05, 0) is 32.2 Å². The first-order valence-electron chi connectivity index (χ1n) is 6.41. The number of likely N-dealkylation sites (tertiary alicyclic amines) is 1. The molecule has 100 valence electrons. The largest absolute Gasteiger partial charge is 0.393 e. The van der Waals surface area contributed by atoms with E-state index in [0.29, 0.717) is 19.5 Å². The van der Waals surface area contributed by atoms with E-state index < -0.39 is 17.7 Å². The fraction of sp³-hybridized carbons (Fsp3) is 1.00. The minimum atomic E-state index is -4.09. The fourth-order valence-corrected chi connectivity index (χ4v) is 3.07. The molecule has 2 nitrogen and oxygen atoms in total. The Morgan fingerprint density at radius 3 is 2.41 bits per heavy atom. The van der Waals surface area contributed by atoms with Gasteiger partial charge in [-0.2, -0.15) is 13.2 Å². The molecule has 1 saturated heterocycles. The van der Waals surface area contributed by atoms with Gasteiger partial charge >= 0.3 is 6.18 Å². The van der Waals surface area contributed by atoms with E-state index in [4.69, 9.17) is 0 Å². The molecule has 2 aliphatic rings. The van der Waals surface area contributed by atoms with Crippen LogP contribution in [0.3, 0.4) is 0 Å². The van der Waals surface area contributed by atoms with Crippen LogP contribution in [0.2, 0.25) is 0 Å². The van der Waals surface area contributed by atoms with Crippen LogP contribution >= 0.6 is 0 Å². The molecule has 2 rings (SSSR count). The van der Waals surface area contributed by atoms with Crippen molar-refractivity contribution < 1.29 is 18.3 Å². The van der Waals surface area contributed by atoms with Crippen LogP contribution in [-0.4, -0.2) is 41.4 Å². The minimum absolute atomic E-state index is 0.0613. The van der Waals surface area contributed by atoms with Gasteiger partial charge < -0.3 is 5.11 Å². The van der Waals surface area contributed by atoms with E-state index in [1.807, 2.05) is 0 Å². The third-order valence-corrected chi connectivity index (χ3v) is 4.02. The highest BCUT2D eigenvalue weighted by molar-refractivity contribution is 4.89. The molecular weight excluding hydrogens is 231 g/mol. The smallest absolute Gasteiger partial charge is 0.389 e. The van der Waals surface area contributed by atoms with Crippen LogP contribution in [0.4, 0.5) is 13.2 Å². The molecule has 1 heterocycles. The zero-order chi connectivity index (χ0) is 12.5. The molecule has 5 heteroatoms. The number of nitrogens with zero attached hydrogens (tertiary/aromatic N) is 1. The summed E-state index contributed by atoms with van der Waals surface area (Å²) in [5, 5.41) is 10.2. The van der Waals surface area contributed by atoms with Crippen LogP contribution in [0.25, 0.3) is 0 Å². The lowest BCUT2D eigenvalue weighted by molar-refractivity contribution is -0.189. The van der Waals surface area contributed by atoms with Crippen molar-refractivity contribution in [2.75, 3.05) is 19.6 Å². The summed E-state index contributed by atoms with van der Waals surface area (Å²) in [6.07, 6.45) is 0.191. The van der Waals surface area contributed by atoms with Gasteiger partial charge in [0.05, 0.1) is 11.5 Å². The molecule has 1 aliphatic heterocycles. The predicted molar refractivity (Wildman–Crippen MR) is 58.6 cm³/mol. The van der Waals surface area contributed by atoms with Crippen LogP contribution in [-0.2, 0) is 0 Å². The molecule has 1 N–H and O–H groups in total. The molecule has 0 aromatic rings. The van der Waals surface area contributed by atoms with E-state index in [0.717, 1.165) is 25.7 Å². The predicted octanol–water partition coefficient (Wildman–Crippen LogP) is 2.57. The Morgan fingerprint density at radius 1 is 1.18 bits per heavy atom. The van der Waals surface area contributed by atoms with Crippen molar-refractivity contribution in [3.8, 4) is 0 Å². The summed E-state index contributed by atoms with van der Waals surface area (Å²) in [5.74, 6) is -1.21. The first kappa shape index (κ1) is 13.1. The van der Waals surface area contributed by atoms with E-state index in [1.54, 1.807) is 4.90 Å². The molecule has 0 amide bonds. The second-order valence-electron chi connectivity index (χ2n) is 5.55. The molecule has 0 radical (unpaired) electrons. The van der Waals surface area contributed by atoms with Gasteiger partial charge in [0.25, 0.3) is 0 Å². The van der Waals surface area contributed by atoms with Crippen molar-refractivity contribution in [1.29, 1.82) is 0 Å². The molecule has 17 heavy (non-hydrogen) atoms. The van der Waals surface area contributed by atoms with Crippen molar-refractivity contribution in [1.82, 2.24) is 4.90 Å². The SMILES string of the molecule is OC1(CN2CCCC(C(F)(F)F)C2)CCCC1. The third-order valence-electron chi connectivity index (χ3n) is 4.02. The second-order valence-corrected chi connectivity index (χ2v) is 5.55. The molecule has 1 aliphatic carbocycles. The van der Waals surface area contributed by atoms with E-state index >= 15 is 0 Å². The summed E-state index contributed by atoms with van der Waals surface area (Å²) in [7, 11) is 0. The molecule has 2 fully saturated rings. The fourth-order valence-electron chi connectivity index (χ4n) is 3.07. The number of hydrogen-bond acceptors (Lipinski definition) is 2. The van der Waals surface area contributed by atoms with Gasteiger partial charge in [0.15, 0.2) is 0 Å². The normalized spacial score (nSPS) is 30.7. The topological polar surface area (TPSA) is 23.5 Å². The summed E-state index contributed by atoms with van der Waals surface area (Å²) in [6.45, 7) is 1.17. The third kappa shape index (κ3) is 3.35. The Balaban J connectivity index is 1.89. The highest BCUT2D eigenvalue weighted by atomic mass is 19.4. The zero-order valence-corrected chi connectivity index (χ0v) is 9.97. The average Bonchev–Trinajstić information content (AvgIpc) is 2.64. The molecule has 1 unspecified atom stereocenters. The highest BCUT2D eigenvalue weighted by Gasteiger charge is 2.43. The maximum Gasteiger partial charge on any atom is 0.393 e. The highest BCUT2D eigenvalue weighted by Crippen LogP contribution is 2.35. The molecule has 0 spiro atoms. The van der Waals surface area contributed by atoms with Crippen molar-refractivity contribution in [3.05, 3.63) is 0 Å². The Kier molecular flexibility index (Phi) is 3.69. The molecule has 0 aromatic carbocycles. The minimum Gasteiger partial charge on any atom is -0.389 e. The zero-order valence-electron chi connectivity index (χ0n) is 9.97.